The number of carbonyl (C=O) groups is 1. The van der Waals surface area contributed by atoms with Crippen molar-refractivity contribution in [3.8, 4) is 0 Å². The maximum atomic E-state index is 11.4. The van der Waals surface area contributed by atoms with Crippen LogP contribution in [0.3, 0.4) is 0 Å². The lowest BCUT2D eigenvalue weighted by Crippen LogP contribution is -2.46. The van der Waals surface area contributed by atoms with Crippen molar-refractivity contribution in [2.45, 2.75) is 90.7 Å². The summed E-state index contributed by atoms with van der Waals surface area (Å²) in [6.45, 7) is 9.42. The van der Waals surface area contributed by atoms with Gasteiger partial charge in [-0.2, -0.15) is 34.8 Å². The molecule has 188 valence electrons. The Kier molecular flexibility index (Phi) is 16.1. The average molecular weight is 505 g/mol. The standard InChI is InChI=1S/C16H36P.C3HF6NO3S/c1-5-9-13-17(14-10-6-2,15-11-7-3)16-12-8-4;4-2(5,6)1(11)10-14(12,13)3(7,8)9/h5-16H2,1-4H3;(H,10,11)/q+1;. The van der Waals surface area contributed by atoms with E-state index >= 15 is 0 Å². The second-order valence-corrected chi connectivity index (χ2v) is 13.7. The molecule has 1 N–H and O–H groups in total. The third kappa shape index (κ3) is 14.2. The molecule has 0 spiro atoms. The molecule has 0 bridgehead atoms. The van der Waals surface area contributed by atoms with Crippen LogP contribution >= 0.6 is 7.26 Å². The highest BCUT2D eigenvalue weighted by molar-refractivity contribution is 7.90. The number of rotatable bonds is 13. The van der Waals surface area contributed by atoms with Crippen LogP contribution in [0.4, 0.5) is 26.3 Å². The van der Waals surface area contributed by atoms with Crippen molar-refractivity contribution < 1.29 is 39.6 Å². The Morgan fingerprint density at radius 2 is 1.00 bits per heavy atom. The normalized spacial score (nSPS) is 12.8. The van der Waals surface area contributed by atoms with Gasteiger partial charge in [0.1, 0.15) is 0 Å². The minimum Gasteiger partial charge on any atom is -0.263 e. The molecule has 0 aromatic rings. The Labute approximate surface area is 183 Å². The highest BCUT2D eigenvalue weighted by Gasteiger charge is 2.51. The van der Waals surface area contributed by atoms with E-state index in [4.69, 9.17) is 0 Å². The van der Waals surface area contributed by atoms with E-state index in [1.165, 1.54) is 51.4 Å². The number of amides is 1. The van der Waals surface area contributed by atoms with Crippen LogP contribution in [-0.2, 0) is 14.8 Å². The first-order valence-corrected chi connectivity index (χ1v) is 14.7. The molecule has 12 heteroatoms. The van der Waals surface area contributed by atoms with E-state index in [9.17, 15) is 39.6 Å². The van der Waals surface area contributed by atoms with E-state index in [1.807, 2.05) is 0 Å². The molecular formula is C19H37F6NO3PS+. The molecule has 0 saturated heterocycles. The summed E-state index contributed by atoms with van der Waals surface area (Å²) in [4.78, 5) is 9.81. The Bertz CT molecular complexity index is 557. The van der Waals surface area contributed by atoms with Crippen LogP contribution < -0.4 is 4.72 Å². The Balaban J connectivity index is 0. The van der Waals surface area contributed by atoms with Crippen molar-refractivity contribution in [2.24, 2.45) is 0 Å². The summed E-state index contributed by atoms with van der Waals surface area (Å²) in [7, 11) is -6.86. The van der Waals surface area contributed by atoms with Gasteiger partial charge in [-0.25, -0.2) is 4.72 Å². The van der Waals surface area contributed by atoms with Crippen LogP contribution in [-0.4, -0.2) is 50.7 Å². The molecule has 0 aliphatic heterocycles. The second kappa shape index (κ2) is 15.3. The van der Waals surface area contributed by atoms with Crippen LogP contribution in [0.25, 0.3) is 0 Å². The van der Waals surface area contributed by atoms with Gasteiger partial charge in [-0.3, -0.25) is 4.79 Å². The fraction of sp³-hybridized carbons (Fsp3) is 0.947. The lowest BCUT2D eigenvalue weighted by atomic mass is 10.4. The number of hydrogen-bond donors (Lipinski definition) is 1. The number of unbranched alkanes of at least 4 members (excludes halogenated alkanes) is 4. The van der Waals surface area contributed by atoms with Crippen molar-refractivity contribution in [3.05, 3.63) is 0 Å². The molecule has 0 heterocycles. The van der Waals surface area contributed by atoms with Crippen molar-refractivity contribution >= 4 is 23.2 Å². The summed E-state index contributed by atoms with van der Waals surface area (Å²) in [5.41, 5.74) is -5.96. The van der Waals surface area contributed by atoms with Crippen LogP contribution in [0.15, 0.2) is 0 Å². The van der Waals surface area contributed by atoms with Crippen molar-refractivity contribution in [1.29, 1.82) is 0 Å². The van der Waals surface area contributed by atoms with Gasteiger partial charge in [0.15, 0.2) is 0 Å². The summed E-state index contributed by atoms with van der Waals surface area (Å²) < 4.78 is 87.9. The zero-order chi connectivity index (χ0) is 24.8. The van der Waals surface area contributed by atoms with Crippen LogP contribution in [0.5, 0.6) is 0 Å². The molecule has 0 atom stereocenters. The lowest BCUT2D eigenvalue weighted by Gasteiger charge is -2.28. The molecule has 0 fully saturated rings. The van der Waals surface area contributed by atoms with E-state index < -0.39 is 34.9 Å². The second-order valence-electron chi connectivity index (χ2n) is 7.53. The molecule has 4 nitrogen and oxygen atoms in total. The van der Waals surface area contributed by atoms with E-state index in [1.54, 1.807) is 24.6 Å². The largest absolute Gasteiger partial charge is 0.516 e. The number of carbonyl (C=O) groups excluding carboxylic acids is 1. The molecule has 1 amide bonds. The van der Waals surface area contributed by atoms with E-state index in [2.05, 4.69) is 27.7 Å². The van der Waals surface area contributed by atoms with Gasteiger partial charge in [0.25, 0.3) is 0 Å². The summed E-state index contributed by atoms with van der Waals surface area (Å²) >= 11 is 0. The van der Waals surface area contributed by atoms with Crippen molar-refractivity contribution in [1.82, 2.24) is 4.72 Å². The van der Waals surface area contributed by atoms with Gasteiger partial charge in [-0.05, 0) is 25.7 Å². The minimum atomic E-state index is -6.30. The van der Waals surface area contributed by atoms with Gasteiger partial charge in [0.2, 0.25) is 0 Å². The van der Waals surface area contributed by atoms with E-state index in [-0.39, 0.29) is 4.72 Å². The monoisotopic (exact) mass is 504 g/mol. The number of nitrogens with one attached hydrogen (secondary N) is 1. The molecule has 0 saturated carbocycles. The summed E-state index contributed by atoms with van der Waals surface area (Å²) in [6, 6.07) is 0. The quantitative estimate of drug-likeness (QED) is 0.224. The molecule has 0 aromatic carbocycles. The van der Waals surface area contributed by atoms with Crippen molar-refractivity contribution in [3.63, 3.8) is 0 Å². The zero-order valence-electron chi connectivity index (χ0n) is 18.8. The van der Waals surface area contributed by atoms with Gasteiger partial charge in [0, 0.05) is 7.26 Å². The van der Waals surface area contributed by atoms with Gasteiger partial charge < -0.3 is 0 Å². The third-order valence-electron chi connectivity index (χ3n) is 4.73. The van der Waals surface area contributed by atoms with Crippen molar-refractivity contribution in [2.75, 3.05) is 24.6 Å². The smallest absolute Gasteiger partial charge is 0.263 e. The molecule has 0 radical (unpaired) electrons. The highest BCUT2D eigenvalue weighted by atomic mass is 32.2. The zero-order valence-corrected chi connectivity index (χ0v) is 20.5. The Morgan fingerprint density at radius 1 is 0.710 bits per heavy atom. The Morgan fingerprint density at radius 3 is 1.19 bits per heavy atom. The van der Waals surface area contributed by atoms with E-state index in [0.29, 0.717) is 0 Å². The fourth-order valence-electron chi connectivity index (χ4n) is 2.88. The molecule has 0 aliphatic rings. The Hall–Kier alpha value is -0.570. The summed E-state index contributed by atoms with van der Waals surface area (Å²) in [5, 5.41) is 0. The lowest BCUT2D eigenvalue weighted by molar-refractivity contribution is -0.171. The molecule has 0 unspecified atom stereocenters. The predicted molar refractivity (Wildman–Crippen MR) is 115 cm³/mol. The molecule has 0 aliphatic carbocycles. The van der Waals surface area contributed by atoms with Crippen LogP contribution in [0, 0.1) is 0 Å². The topological polar surface area (TPSA) is 63.2 Å². The first-order valence-electron chi connectivity index (χ1n) is 10.7. The molecule has 0 rings (SSSR count). The summed E-state index contributed by atoms with van der Waals surface area (Å²) in [5.74, 6) is -3.20. The fourth-order valence-corrected chi connectivity index (χ4v) is 8.65. The van der Waals surface area contributed by atoms with Gasteiger partial charge in [0.05, 0.1) is 24.6 Å². The highest BCUT2D eigenvalue weighted by Crippen LogP contribution is 2.61. The van der Waals surface area contributed by atoms with Gasteiger partial charge in [-0.1, -0.05) is 53.4 Å². The molecule has 31 heavy (non-hydrogen) atoms. The molecule has 0 aromatic heterocycles. The molecular weight excluding hydrogens is 467 g/mol. The maximum absolute atomic E-state index is 11.4. The SMILES string of the molecule is CCCC[P+](CCCC)(CCCC)CCCC.O=C(NS(=O)(=O)C(F)(F)F)C(F)(F)F. The maximum Gasteiger partial charge on any atom is 0.516 e. The van der Waals surface area contributed by atoms with Gasteiger partial charge >= 0.3 is 27.6 Å². The van der Waals surface area contributed by atoms with Crippen LogP contribution in [0.2, 0.25) is 0 Å². The van der Waals surface area contributed by atoms with Gasteiger partial charge in [-0.15, -0.1) is 0 Å². The third-order valence-corrected chi connectivity index (χ3v) is 10.9. The number of sulfonamides is 1. The average Bonchev–Trinajstić information content (AvgIpc) is 2.65. The first-order chi connectivity index (χ1) is 14.1. The number of halogens is 6. The summed E-state index contributed by atoms with van der Waals surface area (Å²) in [6.07, 6.45) is 12.3. The number of alkyl halides is 6. The van der Waals surface area contributed by atoms with Crippen LogP contribution in [0.1, 0.15) is 79.1 Å². The number of hydrogen-bond acceptors (Lipinski definition) is 3. The minimum absolute atomic E-state index is 0.181. The predicted octanol–water partition coefficient (Wildman–Crippen LogP) is 6.72. The van der Waals surface area contributed by atoms with E-state index in [0.717, 1.165) is 0 Å². The first kappa shape index (κ1) is 32.6.